The largest absolute Gasteiger partial charge is 0.416 e. The number of rotatable bonds is 3. The third-order valence-electron chi connectivity index (χ3n) is 5.43. The average molecular weight is 415 g/mol. The van der Waals surface area contributed by atoms with Gasteiger partial charge in [0.25, 0.3) is 5.91 Å². The standard InChI is InChI=1S/C23H24F3N3O/c1-14-9-20-19(15(2)12-22(3,4)29(20)5)11-17(14)13-27-28-21(30)16-7-6-8-18(10-16)23(24,25)26/h6-13H,1-5H3,(H,28,30)/b27-13-. The van der Waals surface area contributed by atoms with Gasteiger partial charge in [0, 0.05) is 23.9 Å². The van der Waals surface area contributed by atoms with Crippen LogP contribution >= 0.6 is 0 Å². The summed E-state index contributed by atoms with van der Waals surface area (Å²) in [5.74, 6) is -0.703. The Kier molecular flexibility index (Phi) is 5.50. The van der Waals surface area contributed by atoms with Crippen LogP contribution < -0.4 is 10.3 Å². The van der Waals surface area contributed by atoms with Gasteiger partial charge in [0.1, 0.15) is 0 Å². The SMILES string of the molecule is CC1=CC(C)(C)N(C)c2cc(C)c(/C=N\NC(=O)c3cccc(C(F)(F)F)c3)cc21. The number of alkyl halides is 3. The van der Waals surface area contributed by atoms with E-state index >= 15 is 0 Å². The maximum atomic E-state index is 12.8. The number of likely N-dealkylation sites (N-methyl/N-ethyl adjacent to an activating group) is 1. The number of hydrogen-bond donors (Lipinski definition) is 1. The van der Waals surface area contributed by atoms with E-state index in [1.54, 1.807) is 0 Å². The Hall–Kier alpha value is -3.09. The van der Waals surface area contributed by atoms with Crippen LogP contribution in [0.3, 0.4) is 0 Å². The number of amides is 1. The van der Waals surface area contributed by atoms with Gasteiger partial charge in [-0.05, 0) is 74.7 Å². The van der Waals surface area contributed by atoms with Crippen LogP contribution in [-0.4, -0.2) is 24.7 Å². The Bertz CT molecular complexity index is 1050. The molecule has 0 aliphatic carbocycles. The van der Waals surface area contributed by atoms with Gasteiger partial charge < -0.3 is 4.90 Å². The molecule has 0 aromatic heterocycles. The topological polar surface area (TPSA) is 44.7 Å². The van der Waals surface area contributed by atoms with Gasteiger partial charge in [-0.2, -0.15) is 18.3 Å². The van der Waals surface area contributed by atoms with E-state index in [0.717, 1.165) is 40.1 Å². The van der Waals surface area contributed by atoms with Crippen molar-refractivity contribution in [2.24, 2.45) is 5.10 Å². The predicted molar refractivity (Wildman–Crippen MR) is 114 cm³/mol. The van der Waals surface area contributed by atoms with E-state index in [-0.39, 0.29) is 11.1 Å². The molecule has 1 amide bonds. The molecule has 2 aromatic carbocycles. The number of aryl methyl sites for hydroxylation is 1. The summed E-state index contributed by atoms with van der Waals surface area (Å²) in [4.78, 5) is 14.4. The van der Waals surface area contributed by atoms with Crippen LogP contribution in [0, 0.1) is 6.92 Å². The molecule has 1 aliphatic heterocycles. The lowest BCUT2D eigenvalue weighted by Gasteiger charge is -2.41. The molecule has 158 valence electrons. The monoisotopic (exact) mass is 415 g/mol. The summed E-state index contributed by atoms with van der Waals surface area (Å²) in [7, 11) is 2.05. The first-order valence-electron chi connectivity index (χ1n) is 9.49. The maximum Gasteiger partial charge on any atom is 0.416 e. The summed E-state index contributed by atoms with van der Waals surface area (Å²) in [5.41, 5.74) is 6.36. The molecule has 0 unspecified atom stereocenters. The Morgan fingerprint density at radius 3 is 2.53 bits per heavy atom. The Labute approximate surface area is 174 Å². The second-order valence-electron chi connectivity index (χ2n) is 8.04. The minimum atomic E-state index is -4.51. The molecular formula is C23H24F3N3O. The zero-order chi connectivity index (χ0) is 22.3. The highest BCUT2D eigenvalue weighted by Crippen LogP contribution is 2.39. The Morgan fingerprint density at radius 2 is 1.87 bits per heavy atom. The first-order chi connectivity index (χ1) is 13.9. The lowest BCUT2D eigenvalue weighted by Crippen LogP contribution is -2.42. The lowest BCUT2D eigenvalue weighted by molar-refractivity contribution is -0.137. The number of hydrazone groups is 1. The van der Waals surface area contributed by atoms with E-state index < -0.39 is 17.6 Å². The van der Waals surface area contributed by atoms with Crippen molar-refractivity contribution in [3.8, 4) is 0 Å². The molecule has 3 rings (SSSR count). The normalized spacial score (nSPS) is 15.7. The molecule has 0 spiro atoms. The highest BCUT2D eigenvalue weighted by molar-refractivity contribution is 5.95. The molecular weight excluding hydrogens is 391 g/mol. The maximum absolute atomic E-state index is 12.8. The quantitative estimate of drug-likeness (QED) is 0.538. The lowest BCUT2D eigenvalue weighted by atomic mass is 9.87. The zero-order valence-corrected chi connectivity index (χ0v) is 17.6. The molecule has 0 atom stereocenters. The van der Waals surface area contributed by atoms with Crippen LogP contribution in [-0.2, 0) is 6.18 Å². The smallest absolute Gasteiger partial charge is 0.365 e. The van der Waals surface area contributed by atoms with Gasteiger partial charge in [-0.25, -0.2) is 5.43 Å². The predicted octanol–water partition coefficient (Wildman–Crippen LogP) is 5.41. The van der Waals surface area contributed by atoms with Crippen LogP contribution in [0.5, 0.6) is 0 Å². The molecule has 0 fully saturated rings. The van der Waals surface area contributed by atoms with Crippen molar-refractivity contribution in [2.75, 3.05) is 11.9 Å². The van der Waals surface area contributed by atoms with Gasteiger partial charge in [-0.15, -0.1) is 0 Å². The van der Waals surface area contributed by atoms with Crippen LogP contribution in [0.1, 0.15) is 53.4 Å². The molecule has 30 heavy (non-hydrogen) atoms. The van der Waals surface area contributed by atoms with Crippen molar-refractivity contribution in [1.82, 2.24) is 5.43 Å². The second kappa shape index (κ2) is 7.63. The third-order valence-corrected chi connectivity index (χ3v) is 5.43. The van der Waals surface area contributed by atoms with Gasteiger partial charge in [-0.1, -0.05) is 12.1 Å². The van der Waals surface area contributed by atoms with Gasteiger partial charge in [0.05, 0.1) is 17.3 Å². The minimum absolute atomic E-state index is 0.0992. The zero-order valence-electron chi connectivity index (χ0n) is 17.6. The number of nitrogens with zero attached hydrogens (tertiary/aromatic N) is 2. The highest BCUT2D eigenvalue weighted by Gasteiger charge is 2.31. The molecule has 1 aliphatic rings. The van der Waals surface area contributed by atoms with Crippen molar-refractivity contribution in [1.29, 1.82) is 0 Å². The third kappa shape index (κ3) is 4.25. The molecule has 1 N–H and O–H groups in total. The number of halogens is 3. The van der Waals surface area contributed by atoms with Gasteiger partial charge in [0.15, 0.2) is 0 Å². The summed E-state index contributed by atoms with van der Waals surface area (Å²) >= 11 is 0. The second-order valence-corrected chi connectivity index (χ2v) is 8.04. The van der Waals surface area contributed by atoms with E-state index in [2.05, 4.69) is 48.3 Å². The summed E-state index contributed by atoms with van der Waals surface area (Å²) in [6.07, 6.45) is -0.804. The van der Waals surface area contributed by atoms with E-state index in [9.17, 15) is 18.0 Å². The van der Waals surface area contributed by atoms with Gasteiger partial charge in [-0.3, -0.25) is 4.79 Å². The van der Waals surface area contributed by atoms with E-state index in [0.29, 0.717) is 0 Å². The molecule has 0 saturated heterocycles. The van der Waals surface area contributed by atoms with E-state index in [1.165, 1.54) is 18.3 Å². The fraction of sp³-hybridized carbons (Fsp3) is 0.304. The number of nitrogens with one attached hydrogen (secondary N) is 1. The number of fused-ring (bicyclic) bond motifs is 1. The first kappa shape index (κ1) is 21.6. The number of carbonyl (C=O) groups excluding carboxylic acids is 1. The fourth-order valence-electron chi connectivity index (χ4n) is 3.52. The van der Waals surface area contributed by atoms with Crippen molar-refractivity contribution >= 4 is 23.4 Å². The van der Waals surface area contributed by atoms with Crippen molar-refractivity contribution in [2.45, 2.75) is 39.4 Å². The molecule has 2 aromatic rings. The van der Waals surface area contributed by atoms with Crippen LogP contribution in [0.25, 0.3) is 5.57 Å². The number of carbonyl (C=O) groups is 1. The van der Waals surface area contributed by atoms with Crippen molar-refractivity contribution in [3.63, 3.8) is 0 Å². The highest BCUT2D eigenvalue weighted by atomic mass is 19.4. The summed E-state index contributed by atoms with van der Waals surface area (Å²) < 4.78 is 38.5. The van der Waals surface area contributed by atoms with E-state index in [1.807, 2.05) is 20.0 Å². The average Bonchev–Trinajstić information content (AvgIpc) is 2.66. The molecule has 4 nitrogen and oxygen atoms in total. The number of anilines is 1. The Morgan fingerprint density at radius 1 is 1.17 bits per heavy atom. The molecule has 0 radical (unpaired) electrons. The summed E-state index contributed by atoms with van der Waals surface area (Å²) in [6.45, 7) is 8.30. The van der Waals surface area contributed by atoms with Crippen molar-refractivity contribution in [3.05, 3.63) is 70.3 Å². The molecule has 1 heterocycles. The van der Waals surface area contributed by atoms with Crippen LogP contribution in [0.15, 0.2) is 47.6 Å². The number of hydrogen-bond acceptors (Lipinski definition) is 3. The van der Waals surface area contributed by atoms with Gasteiger partial charge >= 0.3 is 6.18 Å². The summed E-state index contributed by atoms with van der Waals surface area (Å²) in [5, 5.41) is 3.95. The summed E-state index contributed by atoms with van der Waals surface area (Å²) in [6, 6.07) is 8.31. The van der Waals surface area contributed by atoms with Crippen molar-refractivity contribution < 1.29 is 18.0 Å². The minimum Gasteiger partial charge on any atom is -0.365 e. The number of benzene rings is 2. The molecule has 7 heteroatoms. The molecule has 0 saturated carbocycles. The first-order valence-corrected chi connectivity index (χ1v) is 9.49. The van der Waals surface area contributed by atoms with Gasteiger partial charge in [0.2, 0.25) is 0 Å². The molecule has 0 bridgehead atoms. The fourth-order valence-corrected chi connectivity index (χ4v) is 3.52. The van der Waals surface area contributed by atoms with Crippen LogP contribution in [0.4, 0.5) is 18.9 Å². The van der Waals surface area contributed by atoms with Crippen LogP contribution in [0.2, 0.25) is 0 Å². The van der Waals surface area contributed by atoms with E-state index in [4.69, 9.17) is 0 Å². The Balaban J connectivity index is 1.81. The number of allylic oxidation sites excluding steroid dienone is 1.